The van der Waals surface area contributed by atoms with E-state index in [-0.39, 0.29) is 16.4 Å². The maximum atomic E-state index is 13.6. The summed E-state index contributed by atoms with van der Waals surface area (Å²) < 4.78 is 59.5. The molecule has 1 aliphatic carbocycles. The van der Waals surface area contributed by atoms with Crippen LogP contribution >= 0.6 is 23.2 Å². The molecule has 0 bridgehead atoms. The smallest absolute Gasteiger partial charge is 0.373 e. The van der Waals surface area contributed by atoms with Crippen molar-refractivity contribution in [3.8, 4) is 0 Å². The summed E-state index contributed by atoms with van der Waals surface area (Å²) >= 11 is 12.6. The van der Waals surface area contributed by atoms with Crippen LogP contribution in [0.2, 0.25) is 0 Å². The highest BCUT2D eigenvalue weighted by Gasteiger charge is 2.44. The van der Waals surface area contributed by atoms with Gasteiger partial charge in [-0.15, -0.1) is 11.6 Å². The molecule has 0 amide bonds. The molecule has 0 saturated carbocycles. The number of benzene rings is 1. The van der Waals surface area contributed by atoms with Gasteiger partial charge in [-0.2, -0.15) is 18.3 Å². The van der Waals surface area contributed by atoms with Crippen molar-refractivity contribution < 1.29 is 22.3 Å². The lowest BCUT2D eigenvalue weighted by Gasteiger charge is -2.42. The third-order valence-electron chi connectivity index (χ3n) is 6.87. The first-order valence-corrected chi connectivity index (χ1v) is 12.0. The Bertz CT molecular complexity index is 985. The van der Waals surface area contributed by atoms with Gasteiger partial charge in [0.15, 0.2) is 5.17 Å². The molecule has 4 nitrogen and oxygen atoms in total. The van der Waals surface area contributed by atoms with E-state index in [1.807, 2.05) is 6.92 Å². The van der Waals surface area contributed by atoms with E-state index in [9.17, 15) is 17.6 Å². The average molecular weight is 520 g/mol. The van der Waals surface area contributed by atoms with E-state index in [1.54, 1.807) is 24.3 Å². The Labute approximate surface area is 206 Å². The summed E-state index contributed by atoms with van der Waals surface area (Å²) in [6.07, 6.45) is 0.0193. The zero-order chi connectivity index (χ0) is 24.7. The molecule has 1 aromatic rings. The van der Waals surface area contributed by atoms with E-state index in [2.05, 4.69) is 17.0 Å². The number of halogens is 6. The molecule has 4 rings (SSSR count). The fourth-order valence-electron chi connectivity index (χ4n) is 4.92. The Morgan fingerprint density at radius 1 is 1.18 bits per heavy atom. The zero-order valence-corrected chi connectivity index (χ0v) is 20.5. The van der Waals surface area contributed by atoms with Crippen molar-refractivity contribution in [2.75, 3.05) is 33.3 Å². The number of likely N-dealkylation sites (tertiary alicyclic amines) is 1. The minimum Gasteiger partial charge on any atom is -0.373 e. The number of fused-ring (bicyclic) bond motifs is 1. The first-order chi connectivity index (χ1) is 16.0. The van der Waals surface area contributed by atoms with Crippen LogP contribution in [0, 0.1) is 5.82 Å². The van der Waals surface area contributed by atoms with Gasteiger partial charge in [0.05, 0.1) is 24.1 Å². The fourth-order valence-corrected chi connectivity index (χ4v) is 5.47. The molecule has 0 aromatic heterocycles. The quantitative estimate of drug-likeness (QED) is 0.283. The molecule has 2 unspecified atom stereocenters. The molecule has 1 fully saturated rings. The van der Waals surface area contributed by atoms with E-state index in [4.69, 9.17) is 27.9 Å². The number of rotatable bonds is 6. The fraction of sp³-hybridized carbons (Fsp3) is 0.542. The molecule has 3 atom stereocenters. The SMILES string of the molecule is C[C@@H](OCC1(c2ccc(F)cc2)CCN(C)CC1)C1=CC(Cl)C=C2C(Cl)=NN(CC(F)(F)F)C21. The number of hydrogen-bond donors (Lipinski definition) is 0. The average Bonchev–Trinajstić information content (AvgIpc) is 3.06. The van der Waals surface area contributed by atoms with Gasteiger partial charge in [0.1, 0.15) is 12.4 Å². The number of hydrazone groups is 1. The monoisotopic (exact) mass is 519 g/mol. The molecule has 2 heterocycles. The Hall–Kier alpha value is -1.61. The van der Waals surface area contributed by atoms with Gasteiger partial charge < -0.3 is 9.64 Å². The van der Waals surface area contributed by atoms with Crippen LogP contribution in [0.3, 0.4) is 0 Å². The lowest BCUT2D eigenvalue weighted by Crippen LogP contribution is -2.45. The van der Waals surface area contributed by atoms with Crippen molar-refractivity contribution in [3.05, 3.63) is 58.9 Å². The second kappa shape index (κ2) is 9.80. The standard InChI is InChI=1S/C24H27Cl2F4N3O/c1-15(19-11-17(25)12-20-21(19)33(31-22(20)26)13-24(28,29)30)34-14-23(7-9-32(2)10-8-23)16-3-5-18(27)6-4-16/h3-6,11-12,15,17,21H,7-10,13-14H2,1-2H3/t15-,17?,21?/m1/s1. The van der Waals surface area contributed by atoms with E-state index >= 15 is 0 Å². The van der Waals surface area contributed by atoms with Crippen molar-refractivity contribution in [2.45, 2.75) is 48.9 Å². The Morgan fingerprint density at radius 3 is 2.44 bits per heavy atom. The summed E-state index contributed by atoms with van der Waals surface area (Å²) in [5, 5.41) is 4.38. The predicted octanol–water partition coefficient (Wildman–Crippen LogP) is 5.47. The van der Waals surface area contributed by atoms with Gasteiger partial charge >= 0.3 is 6.18 Å². The van der Waals surface area contributed by atoms with Gasteiger partial charge in [-0.1, -0.05) is 35.9 Å². The molecule has 10 heteroatoms. The zero-order valence-electron chi connectivity index (χ0n) is 19.0. The van der Waals surface area contributed by atoms with Gasteiger partial charge in [-0.3, -0.25) is 5.01 Å². The highest BCUT2D eigenvalue weighted by molar-refractivity contribution is 6.70. The molecule has 0 spiro atoms. The summed E-state index contributed by atoms with van der Waals surface area (Å²) in [7, 11) is 2.05. The minimum absolute atomic E-state index is 0.0100. The summed E-state index contributed by atoms with van der Waals surface area (Å²) in [6, 6.07) is 5.70. The molecular weight excluding hydrogens is 493 g/mol. The number of ether oxygens (including phenoxy) is 1. The highest BCUT2D eigenvalue weighted by atomic mass is 35.5. The molecular formula is C24H27Cl2F4N3O. The van der Waals surface area contributed by atoms with Gasteiger partial charge in [-0.05, 0) is 63.2 Å². The highest BCUT2D eigenvalue weighted by Crippen LogP contribution is 2.40. The van der Waals surface area contributed by atoms with E-state index < -0.39 is 30.2 Å². The van der Waals surface area contributed by atoms with Crippen LogP contribution in [0.5, 0.6) is 0 Å². The maximum Gasteiger partial charge on any atom is 0.407 e. The summed E-state index contributed by atoms with van der Waals surface area (Å²) in [4.78, 5) is 2.23. The third kappa shape index (κ3) is 5.45. The number of nitrogens with zero attached hydrogens (tertiary/aromatic N) is 3. The molecule has 2 aliphatic heterocycles. The van der Waals surface area contributed by atoms with Gasteiger partial charge in [0, 0.05) is 11.0 Å². The Balaban J connectivity index is 1.55. The summed E-state index contributed by atoms with van der Waals surface area (Å²) in [5.41, 5.74) is 1.74. The van der Waals surface area contributed by atoms with Crippen LogP contribution in [0.15, 0.2) is 52.7 Å². The van der Waals surface area contributed by atoms with Crippen molar-refractivity contribution in [1.29, 1.82) is 0 Å². The summed E-state index contributed by atoms with van der Waals surface area (Å²) in [6.45, 7) is 2.65. The van der Waals surface area contributed by atoms with Crippen LogP contribution in [0.4, 0.5) is 17.6 Å². The first kappa shape index (κ1) is 25.5. The molecule has 3 aliphatic rings. The summed E-state index contributed by atoms with van der Waals surface area (Å²) in [5.74, 6) is -0.302. The van der Waals surface area contributed by atoms with Crippen LogP contribution in [0.1, 0.15) is 25.3 Å². The second-order valence-corrected chi connectivity index (χ2v) is 10.1. The number of alkyl halides is 4. The third-order valence-corrected chi connectivity index (χ3v) is 7.42. The predicted molar refractivity (Wildman–Crippen MR) is 126 cm³/mol. The largest absolute Gasteiger partial charge is 0.407 e. The number of hydrogen-bond acceptors (Lipinski definition) is 4. The van der Waals surface area contributed by atoms with Crippen LogP contribution in [-0.2, 0) is 10.2 Å². The molecule has 186 valence electrons. The van der Waals surface area contributed by atoms with Gasteiger partial charge in [-0.25, -0.2) is 4.39 Å². The van der Waals surface area contributed by atoms with E-state index in [1.165, 1.54) is 12.1 Å². The van der Waals surface area contributed by atoms with Crippen molar-refractivity contribution in [1.82, 2.24) is 9.91 Å². The molecule has 0 N–H and O–H groups in total. The van der Waals surface area contributed by atoms with Crippen molar-refractivity contribution in [3.63, 3.8) is 0 Å². The number of allylic oxidation sites excluding steroid dienone is 2. The minimum atomic E-state index is -4.44. The molecule has 0 radical (unpaired) electrons. The van der Waals surface area contributed by atoms with Crippen LogP contribution < -0.4 is 0 Å². The number of piperidine rings is 1. The topological polar surface area (TPSA) is 28.1 Å². The van der Waals surface area contributed by atoms with Crippen LogP contribution in [0.25, 0.3) is 0 Å². The lowest BCUT2D eigenvalue weighted by atomic mass is 9.73. The molecule has 1 saturated heterocycles. The lowest BCUT2D eigenvalue weighted by molar-refractivity contribution is -0.147. The van der Waals surface area contributed by atoms with Crippen LogP contribution in [-0.4, -0.2) is 72.1 Å². The van der Waals surface area contributed by atoms with Gasteiger partial charge in [0.25, 0.3) is 0 Å². The van der Waals surface area contributed by atoms with Crippen molar-refractivity contribution >= 4 is 28.4 Å². The molecule has 1 aromatic carbocycles. The maximum absolute atomic E-state index is 13.6. The van der Waals surface area contributed by atoms with Crippen molar-refractivity contribution in [2.24, 2.45) is 5.10 Å². The Morgan fingerprint density at radius 2 is 1.82 bits per heavy atom. The second-order valence-electron chi connectivity index (χ2n) is 9.28. The normalized spacial score (nSPS) is 26.0. The van der Waals surface area contributed by atoms with Gasteiger partial charge in [0.2, 0.25) is 0 Å². The van der Waals surface area contributed by atoms with E-state index in [0.717, 1.165) is 36.5 Å². The van der Waals surface area contributed by atoms with E-state index in [0.29, 0.717) is 17.8 Å². The first-order valence-electron chi connectivity index (χ1n) is 11.2. The Kier molecular flexibility index (Phi) is 7.34. The molecule has 34 heavy (non-hydrogen) atoms.